The average molecular weight is 533 g/mol. The molecule has 2 aliphatic carbocycles. The van der Waals surface area contributed by atoms with E-state index < -0.39 is 6.10 Å². The third kappa shape index (κ3) is 6.27. The van der Waals surface area contributed by atoms with Crippen LogP contribution in [0.5, 0.6) is 5.75 Å². The molecule has 4 atom stereocenters. The monoisotopic (exact) mass is 532 g/mol. The smallest absolute Gasteiger partial charge is 0.268 e. The first-order valence-corrected chi connectivity index (χ1v) is 14.5. The summed E-state index contributed by atoms with van der Waals surface area (Å²) in [6, 6.07) is 14.1. The molecule has 3 amide bonds. The molecule has 4 N–H and O–H groups in total. The maximum atomic E-state index is 14.1. The van der Waals surface area contributed by atoms with Gasteiger partial charge in [0.25, 0.3) is 11.8 Å². The van der Waals surface area contributed by atoms with Gasteiger partial charge in [0, 0.05) is 30.1 Å². The molecule has 5 rings (SSSR count). The number of rotatable bonds is 6. The summed E-state index contributed by atoms with van der Waals surface area (Å²) in [6.07, 6.45) is 8.66. The van der Waals surface area contributed by atoms with E-state index in [0.717, 1.165) is 51.4 Å². The maximum Gasteiger partial charge on any atom is 0.268 e. The lowest BCUT2D eigenvalue weighted by Gasteiger charge is -2.38. The second-order valence-electron chi connectivity index (χ2n) is 11.3. The van der Waals surface area contributed by atoms with Crippen LogP contribution in [0.2, 0.25) is 0 Å². The van der Waals surface area contributed by atoms with Crippen molar-refractivity contribution in [2.45, 2.75) is 95.4 Å². The standard InChI is InChI=1S/C31H40N4O4/c1-20(39-23-12-6-3-7-13-23)31(38)35-27-17-16-22(30(37)34-25-15-9-8-14-24(25)32)18-26(27)33-29(36)19-28(35)21-10-4-2-5-11-21/h3,6-7,12-13,16-18,20-21,24-25,28H,2,4-5,8-11,14-15,19,32H2,1H3,(H,33,36)(H,34,37). The lowest BCUT2D eigenvalue weighted by molar-refractivity contribution is -0.125. The number of ether oxygens (including phenoxy) is 1. The van der Waals surface area contributed by atoms with E-state index in [1.807, 2.05) is 30.3 Å². The number of amides is 3. The molecule has 1 heterocycles. The van der Waals surface area contributed by atoms with Crippen LogP contribution in [-0.2, 0) is 9.59 Å². The molecule has 39 heavy (non-hydrogen) atoms. The van der Waals surface area contributed by atoms with Gasteiger partial charge in [0.05, 0.1) is 11.4 Å². The first-order valence-electron chi connectivity index (χ1n) is 14.5. The number of hydrogen-bond acceptors (Lipinski definition) is 5. The molecule has 1 aliphatic heterocycles. The number of fused-ring (bicyclic) bond motifs is 1. The summed E-state index contributed by atoms with van der Waals surface area (Å²) in [5, 5.41) is 6.08. The molecule has 2 aromatic carbocycles. The molecule has 0 saturated heterocycles. The molecule has 208 valence electrons. The predicted molar refractivity (Wildman–Crippen MR) is 152 cm³/mol. The molecular weight excluding hydrogens is 492 g/mol. The van der Waals surface area contributed by atoms with Crippen molar-refractivity contribution in [2.24, 2.45) is 11.7 Å². The van der Waals surface area contributed by atoms with Crippen LogP contribution in [0, 0.1) is 5.92 Å². The van der Waals surface area contributed by atoms with E-state index in [0.29, 0.717) is 22.7 Å². The van der Waals surface area contributed by atoms with E-state index in [4.69, 9.17) is 10.5 Å². The van der Waals surface area contributed by atoms with E-state index in [1.54, 1.807) is 30.0 Å². The van der Waals surface area contributed by atoms with Crippen molar-refractivity contribution >= 4 is 29.1 Å². The van der Waals surface area contributed by atoms with Gasteiger partial charge in [-0.3, -0.25) is 14.4 Å². The van der Waals surface area contributed by atoms with Gasteiger partial charge in [-0.1, -0.05) is 50.3 Å². The van der Waals surface area contributed by atoms with Crippen LogP contribution in [0.25, 0.3) is 0 Å². The lowest BCUT2D eigenvalue weighted by Crippen LogP contribution is -2.50. The number of carbonyl (C=O) groups is 3. The largest absolute Gasteiger partial charge is 0.481 e. The Balaban J connectivity index is 1.46. The quantitative estimate of drug-likeness (QED) is 0.496. The Kier molecular flexibility index (Phi) is 8.50. The zero-order valence-corrected chi connectivity index (χ0v) is 22.7. The fourth-order valence-electron chi connectivity index (χ4n) is 6.37. The molecule has 8 heteroatoms. The van der Waals surface area contributed by atoms with E-state index in [-0.39, 0.29) is 48.2 Å². The summed E-state index contributed by atoms with van der Waals surface area (Å²) < 4.78 is 6.03. The first-order chi connectivity index (χ1) is 18.9. The third-order valence-corrected chi connectivity index (χ3v) is 8.49. The van der Waals surface area contributed by atoms with Crippen molar-refractivity contribution < 1.29 is 19.1 Å². The molecular formula is C31H40N4O4. The number of benzene rings is 2. The minimum absolute atomic E-state index is 0.0568. The van der Waals surface area contributed by atoms with Crippen molar-refractivity contribution in [2.75, 3.05) is 10.2 Å². The van der Waals surface area contributed by atoms with Gasteiger partial charge in [-0.15, -0.1) is 0 Å². The average Bonchev–Trinajstić information content (AvgIpc) is 3.10. The van der Waals surface area contributed by atoms with Crippen LogP contribution in [0.4, 0.5) is 11.4 Å². The van der Waals surface area contributed by atoms with Crippen LogP contribution >= 0.6 is 0 Å². The topological polar surface area (TPSA) is 114 Å². The summed E-state index contributed by atoms with van der Waals surface area (Å²) in [5.74, 6) is 0.271. The van der Waals surface area contributed by atoms with Crippen molar-refractivity contribution in [3.63, 3.8) is 0 Å². The number of anilines is 2. The van der Waals surface area contributed by atoms with Gasteiger partial charge in [-0.05, 0) is 68.9 Å². The van der Waals surface area contributed by atoms with Gasteiger partial charge < -0.3 is 26.0 Å². The molecule has 0 radical (unpaired) electrons. The van der Waals surface area contributed by atoms with Crippen molar-refractivity contribution in [1.82, 2.24) is 5.32 Å². The summed E-state index contributed by atoms with van der Waals surface area (Å²) in [5.41, 5.74) is 7.76. The van der Waals surface area contributed by atoms with Crippen LogP contribution in [0.15, 0.2) is 48.5 Å². The fourth-order valence-corrected chi connectivity index (χ4v) is 6.37. The molecule has 0 bridgehead atoms. The van der Waals surface area contributed by atoms with Crippen LogP contribution in [0.1, 0.15) is 81.5 Å². The van der Waals surface area contributed by atoms with E-state index >= 15 is 0 Å². The fraction of sp³-hybridized carbons (Fsp3) is 0.516. The van der Waals surface area contributed by atoms with Crippen LogP contribution < -0.4 is 26.0 Å². The van der Waals surface area contributed by atoms with Crippen LogP contribution in [0.3, 0.4) is 0 Å². The number of hydrogen-bond donors (Lipinski definition) is 3. The summed E-state index contributed by atoms with van der Waals surface area (Å²) in [4.78, 5) is 42.2. The maximum absolute atomic E-state index is 14.1. The number of carbonyl (C=O) groups excluding carboxylic acids is 3. The molecule has 2 fully saturated rings. The zero-order valence-electron chi connectivity index (χ0n) is 22.7. The lowest BCUT2D eigenvalue weighted by atomic mass is 9.81. The zero-order chi connectivity index (χ0) is 27.4. The Morgan fingerprint density at radius 3 is 2.46 bits per heavy atom. The van der Waals surface area contributed by atoms with Gasteiger partial charge in [0.2, 0.25) is 5.91 Å². The molecule has 0 spiro atoms. The number of nitrogens with zero attached hydrogens (tertiary/aromatic N) is 1. The van der Waals surface area contributed by atoms with E-state index in [9.17, 15) is 14.4 Å². The van der Waals surface area contributed by atoms with Gasteiger partial charge in [-0.25, -0.2) is 0 Å². The second-order valence-corrected chi connectivity index (χ2v) is 11.3. The Morgan fingerprint density at radius 2 is 1.72 bits per heavy atom. The molecule has 4 unspecified atom stereocenters. The predicted octanol–water partition coefficient (Wildman–Crippen LogP) is 4.78. The van der Waals surface area contributed by atoms with E-state index in [1.165, 1.54) is 6.42 Å². The Labute approximate surface area is 230 Å². The van der Waals surface area contributed by atoms with Crippen molar-refractivity contribution in [3.8, 4) is 5.75 Å². The number of para-hydroxylation sites is 1. The molecule has 3 aliphatic rings. The Hall–Kier alpha value is -3.39. The minimum atomic E-state index is -0.754. The minimum Gasteiger partial charge on any atom is -0.481 e. The molecule has 2 aromatic rings. The summed E-state index contributed by atoms with van der Waals surface area (Å²) >= 11 is 0. The normalized spacial score (nSPS) is 24.6. The summed E-state index contributed by atoms with van der Waals surface area (Å²) in [6.45, 7) is 1.75. The van der Waals surface area contributed by atoms with Gasteiger partial charge in [-0.2, -0.15) is 0 Å². The van der Waals surface area contributed by atoms with Gasteiger partial charge in [0.15, 0.2) is 6.10 Å². The first kappa shape index (κ1) is 27.2. The Morgan fingerprint density at radius 1 is 1.00 bits per heavy atom. The highest BCUT2D eigenvalue weighted by Crippen LogP contribution is 2.39. The molecule has 2 saturated carbocycles. The van der Waals surface area contributed by atoms with Crippen molar-refractivity contribution in [1.29, 1.82) is 0 Å². The number of nitrogens with one attached hydrogen (secondary N) is 2. The molecule has 8 nitrogen and oxygen atoms in total. The van der Waals surface area contributed by atoms with Crippen molar-refractivity contribution in [3.05, 3.63) is 54.1 Å². The highest BCUT2D eigenvalue weighted by Gasteiger charge is 2.40. The van der Waals surface area contributed by atoms with Crippen LogP contribution in [-0.4, -0.2) is 42.0 Å². The highest BCUT2D eigenvalue weighted by molar-refractivity contribution is 6.07. The number of nitrogens with two attached hydrogens (primary N) is 1. The second kappa shape index (κ2) is 12.2. The third-order valence-electron chi connectivity index (χ3n) is 8.49. The Bertz CT molecular complexity index is 1180. The van der Waals surface area contributed by atoms with Gasteiger partial charge >= 0.3 is 0 Å². The molecule has 0 aromatic heterocycles. The van der Waals surface area contributed by atoms with Gasteiger partial charge in [0.1, 0.15) is 5.75 Å². The van der Waals surface area contributed by atoms with E-state index in [2.05, 4.69) is 10.6 Å². The SMILES string of the molecule is CC(Oc1ccccc1)C(=O)N1c2ccc(C(=O)NC3CCCCC3N)cc2NC(=O)CC1C1CCCCC1. The highest BCUT2D eigenvalue weighted by atomic mass is 16.5. The summed E-state index contributed by atoms with van der Waals surface area (Å²) in [7, 11) is 0.